The van der Waals surface area contributed by atoms with Gasteiger partial charge in [-0.15, -0.1) is 0 Å². The second kappa shape index (κ2) is 4.73. The van der Waals surface area contributed by atoms with Gasteiger partial charge in [-0.3, -0.25) is 14.9 Å². The molecule has 1 fully saturated rings. The van der Waals surface area contributed by atoms with Crippen molar-refractivity contribution in [3.05, 3.63) is 22.5 Å². The van der Waals surface area contributed by atoms with Crippen molar-refractivity contribution in [2.45, 2.75) is 18.9 Å². The van der Waals surface area contributed by atoms with Crippen LogP contribution in [0.2, 0.25) is 0 Å². The first-order chi connectivity index (χ1) is 8.15. The third-order valence-corrected chi connectivity index (χ3v) is 2.45. The van der Waals surface area contributed by atoms with Crippen LogP contribution in [0.15, 0.2) is 12.4 Å². The Morgan fingerprint density at radius 2 is 2.18 bits per heavy atom. The van der Waals surface area contributed by atoms with Crippen LogP contribution < -0.4 is 10.6 Å². The fourth-order valence-corrected chi connectivity index (χ4v) is 1.53. The Bertz CT molecular complexity index is 423. The van der Waals surface area contributed by atoms with E-state index in [2.05, 4.69) is 20.6 Å². The first-order valence-electron chi connectivity index (χ1n) is 5.15. The van der Waals surface area contributed by atoms with Crippen LogP contribution in [-0.2, 0) is 4.79 Å². The summed E-state index contributed by atoms with van der Waals surface area (Å²) in [5, 5.41) is 16.1. The molecular weight excluding hydrogens is 226 g/mol. The van der Waals surface area contributed by atoms with E-state index in [1.165, 1.54) is 0 Å². The van der Waals surface area contributed by atoms with E-state index in [0.717, 1.165) is 12.4 Å². The number of hydrogen-bond donors (Lipinski definition) is 2. The Labute approximate surface area is 96.6 Å². The van der Waals surface area contributed by atoms with Gasteiger partial charge >= 0.3 is 5.69 Å². The number of nitrogens with zero attached hydrogens (tertiary/aromatic N) is 3. The first kappa shape index (κ1) is 11.2. The molecule has 2 N–H and O–H groups in total. The van der Waals surface area contributed by atoms with E-state index < -0.39 is 4.92 Å². The SMILES string of the molecule is O=C1CCC(Nc2ncc([N+](=O)[O-])cn2)CN1. The lowest BCUT2D eigenvalue weighted by Crippen LogP contribution is -2.42. The number of nitrogens with one attached hydrogen (secondary N) is 2. The van der Waals surface area contributed by atoms with Crippen molar-refractivity contribution < 1.29 is 9.72 Å². The Balaban J connectivity index is 1.95. The summed E-state index contributed by atoms with van der Waals surface area (Å²) >= 11 is 0. The molecule has 90 valence electrons. The van der Waals surface area contributed by atoms with E-state index >= 15 is 0 Å². The van der Waals surface area contributed by atoms with E-state index in [9.17, 15) is 14.9 Å². The molecule has 1 saturated heterocycles. The number of carbonyl (C=O) groups is 1. The standard InChI is InChI=1S/C9H11N5O3/c15-8-2-1-6(3-10-8)13-9-11-4-7(5-12-9)14(16)17/h4-6H,1-3H2,(H,10,15)(H,11,12,13). The molecule has 1 aliphatic rings. The van der Waals surface area contributed by atoms with E-state index in [4.69, 9.17) is 0 Å². The molecule has 0 bridgehead atoms. The summed E-state index contributed by atoms with van der Waals surface area (Å²) in [6, 6.07) is 0.0640. The minimum atomic E-state index is -0.551. The molecule has 2 rings (SSSR count). The van der Waals surface area contributed by atoms with Crippen molar-refractivity contribution in [2.24, 2.45) is 0 Å². The highest BCUT2D eigenvalue weighted by Gasteiger charge is 2.18. The van der Waals surface area contributed by atoms with Crippen LogP contribution in [0.5, 0.6) is 0 Å². The van der Waals surface area contributed by atoms with Crippen molar-refractivity contribution in [3.63, 3.8) is 0 Å². The second-order valence-electron chi connectivity index (χ2n) is 3.71. The maximum Gasteiger partial charge on any atom is 0.305 e. The summed E-state index contributed by atoms with van der Waals surface area (Å²) in [5.74, 6) is 0.365. The molecule has 0 radical (unpaired) electrons. The van der Waals surface area contributed by atoms with Crippen molar-refractivity contribution >= 4 is 17.5 Å². The average molecular weight is 237 g/mol. The first-order valence-corrected chi connectivity index (χ1v) is 5.15. The van der Waals surface area contributed by atoms with Gasteiger partial charge in [-0.25, -0.2) is 9.97 Å². The van der Waals surface area contributed by atoms with Gasteiger partial charge in [-0.1, -0.05) is 0 Å². The van der Waals surface area contributed by atoms with Crippen LogP contribution in [0.3, 0.4) is 0 Å². The van der Waals surface area contributed by atoms with Gasteiger partial charge in [0.1, 0.15) is 12.4 Å². The molecule has 1 atom stereocenters. The van der Waals surface area contributed by atoms with Gasteiger partial charge < -0.3 is 10.6 Å². The molecule has 8 nitrogen and oxygen atoms in total. The molecule has 1 unspecified atom stereocenters. The molecule has 1 aromatic heterocycles. The predicted molar refractivity (Wildman–Crippen MR) is 58.3 cm³/mol. The molecule has 0 saturated carbocycles. The van der Waals surface area contributed by atoms with Gasteiger partial charge in [0, 0.05) is 19.0 Å². The molecule has 0 aromatic carbocycles. The molecule has 0 aliphatic carbocycles. The topological polar surface area (TPSA) is 110 Å². The lowest BCUT2D eigenvalue weighted by atomic mass is 10.1. The van der Waals surface area contributed by atoms with Crippen LogP contribution in [0.25, 0.3) is 0 Å². The van der Waals surface area contributed by atoms with Gasteiger partial charge in [0.2, 0.25) is 11.9 Å². The number of carbonyl (C=O) groups excluding carboxylic acids is 1. The van der Waals surface area contributed by atoms with Crippen molar-refractivity contribution in [1.82, 2.24) is 15.3 Å². The lowest BCUT2D eigenvalue weighted by molar-refractivity contribution is -0.385. The van der Waals surface area contributed by atoms with Crippen LogP contribution in [0.4, 0.5) is 11.6 Å². The molecule has 1 aromatic rings. The lowest BCUT2D eigenvalue weighted by Gasteiger charge is -2.23. The summed E-state index contributed by atoms with van der Waals surface area (Å²) in [5.41, 5.74) is -0.146. The minimum Gasteiger partial charge on any atom is -0.354 e. The van der Waals surface area contributed by atoms with Gasteiger partial charge in [-0.2, -0.15) is 0 Å². The Kier molecular flexibility index (Phi) is 3.12. The molecule has 8 heteroatoms. The number of amides is 1. The van der Waals surface area contributed by atoms with E-state index in [1.807, 2.05) is 0 Å². The Hall–Kier alpha value is -2.25. The maximum atomic E-state index is 10.9. The largest absolute Gasteiger partial charge is 0.354 e. The average Bonchev–Trinajstić information content (AvgIpc) is 2.33. The summed E-state index contributed by atoms with van der Waals surface area (Å²) in [6.07, 6.45) is 3.46. The molecule has 17 heavy (non-hydrogen) atoms. The summed E-state index contributed by atoms with van der Waals surface area (Å²) in [4.78, 5) is 28.5. The zero-order valence-corrected chi connectivity index (χ0v) is 8.92. The summed E-state index contributed by atoms with van der Waals surface area (Å²) in [7, 11) is 0. The van der Waals surface area contributed by atoms with E-state index in [1.54, 1.807) is 0 Å². The Morgan fingerprint density at radius 3 is 2.71 bits per heavy atom. The van der Waals surface area contributed by atoms with Gasteiger partial charge in [-0.05, 0) is 6.42 Å². The number of rotatable bonds is 3. The fraction of sp³-hybridized carbons (Fsp3) is 0.444. The highest BCUT2D eigenvalue weighted by atomic mass is 16.6. The van der Waals surface area contributed by atoms with Gasteiger partial charge in [0.05, 0.1) is 4.92 Å². The fourth-order valence-electron chi connectivity index (χ4n) is 1.53. The zero-order chi connectivity index (χ0) is 12.3. The number of piperidine rings is 1. The zero-order valence-electron chi connectivity index (χ0n) is 8.92. The van der Waals surface area contributed by atoms with Crippen LogP contribution in [0.1, 0.15) is 12.8 Å². The van der Waals surface area contributed by atoms with Crippen LogP contribution in [0, 0.1) is 10.1 Å². The van der Waals surface area contributed by atoms with E-state index in [0.29, 0.717) is 25.3 Å². The predicted octanol–water partition coefficient (Wildman–Crippen LogP) is 0.0753. The highest BCUT2D eigenvalue weighted by Crippen LogP contribution is 2.11. The Morgan fingerprint density at radius 1 is 1.47 bits per heavy atom. The maximum absolute atomic E-state index is 10.9. The number of aromatic nitrogens is 2. The quantitative estimate of drug-likeness (QED) is 0.568. The molecule has 1 aliphatic heterocycles. The second-order valence-corrected chi connectivity index (χ2v) is 3.71. The summed E-state index contributed by atoms with van der Waals surface area (Å²) in [6.45, 7) is 0.513. The number of anilines is 1. The van der Waals surface area contributed by atoms with Crippen molar-refractivity contribution in [1.29, 1.82) is 0 Å². The van der Waals surface area contributed by atoms with Crippen molar-refractivity contribution in [2.75, 3.05) is 11.9 Å². The monoisotopic (exact) mass is 237 g/mol. The third kappa shape index (κ3) is 2.86. The summed E-state index contributed by atoms with van der Waals surface area (Å²) < 4.78 is 0. The third-order valence-electron chi connectivity index (χ3n) is 2.45. The van der Waals surface area contributed by atoms with Crippen molar-refractivity contribution in [3.8, 4) is 0 Å². The highest BCUT2D eigenvalue weighted by molar-refractivity contribution is 5.76. The molecular formula is C9H11N5O3. The molecule has 1 amide bonds. The van der Waals surface area contributed by atoms with Crippen LogP contribution in [-0.4, -0.2) is 33.4 Å². The van der Waals surface area contributed by atoms with Gasteiger partial charge in [0.25, 0.3) is 0 Å². The smallest absolute Gasteiger partial charge is 0.305 e. The van der Waals surface area contributed by atoms with E-state index in [-0.39, 0.29) is 17.6 Å². The van der Waals surface area contributed by atoms with Gasteiger partial charge in [0.15, 0.2) is 0 Å². The minimum absolute atomic E-state index is 0.0349. The van der Waals surface area contributed by atoms with Crippen LogP contribution >= 0.6 is 0 Å². The molecule has 2 heterocycles. The number of hydrogen-bond acceptors (Lipinski definition) is 6. The number of nitro groups is 1. The molecule has 0 spiro atoms. The normalized spacial score (nSPS) is 19.5.